The number of hydrogen-bond donors (Lipinski definition) is 1. The molecule has 0 spiro atoms. The van der Waals surface area contributed by atoms with E-state index in [-0.39, 0.29) is 30.6 Å². The zero-order valence-electron chi connectivity index (χ0n) is 11.8. The largest absolute Gasteiger partial charge is 0.416 e. The fourth-order valence-corrected chi connectivity index (χ4v) is 1.75. The van der Waals surface area contributed by atoms with Crippen molar-refractivity contribution in [2.45, 2.75) is 26.4 Å². The van der Waals surface area contributed by atoms with Gasteiger partial charge in [-0.3, -0.25) is 9.59 Å². The van der Waals surface area contributed by atoms with E-state index in [2.05, 4.69) is 5.32 Å². The third-order valence-corrected chi connectivity index (χ3v) is 2.84. The van der Waals surface area contributed by atoms with Crippen molar-refractivity contribution in [2.24, 2.45) is 0 Å². The van der Waals surface area contributed by atoms with Crippen LogP contribution in [0.25, 0.3) is 0 Å². The molecule has 0 aromatic heterocycles. The molecule has 0 saturated carbocycles. The lowest BCUT2D eigenvalue weighted by Gasteiger charge is -2.22. The molecule has 0 bridgehead atoms. The number of rotatable bonds is 5. The third-order valence-electron chi connectivity index (χ3n) is 2.84. The molecule has 1 rings (SSSR count). The lowest BCUT2D eigenvalue weighted by Crippen LogP contribution is -2.37. The normalized spacial score (nSPS) is 11.1. The maximum atomic E-state index is 12.7. The van der Waals surface area contributed by atoms with Crippen molar-refractivity contribution in [1.29, 1.82) is 0 Å². The van der Waals surface area contributed by atoms with Crippen molar-refractivity contribution in [3.63, 3.8) is 0 Å². The van der Waals surface area contributed by atoms with Crippen LogP contribution in [0.1, 0.15) is 25.8 Å². The highest BCUT2D eigenvalue weighted by Crippen LogP contribution is 2.31. The second-order valence-electron chi connectivity index (χ2n) is 4.42. The molecule has 1 aromatic rings. The first kappa shape index (κ1) is 17.0. The molecule has 0 atom stereocenters. The van der Waals surface area contributed by atoms with Crippen LogP contribution in [0.15, 0.2) is 24.3 Å². The fraction of sp³-hybridized carbons (Fsp3) is 0.429. The minimum absolute atomic E-state index is 0.113. The van der Waals surface area contributed by atoms with E-state index in [4.69, 9.17) is 0 Å². The SMILES string of the molecule is CCC(=O)NCCN(C(C)=O)c1cccc(C(F)(F)F)c1. The van der Waals surface area contributed by atoms with Crippen molar-refractivity contribution in [1.82, 2.24) is 5.32 Å². The monoisotopic (exact) mass is 302 g/mol. The van der Waals surface area contributed by atoms with Crippen LogP contribution < -0.4 is 10.2 Å². The molecule has 7 heteroatoms. The molecular formula is C14H17F3N2O2. The number of benzene rings is 1. The number of halogens is 3. The van der Waals surface area contributed by atoms with Crippen molar-refractivity contribution in [2.75, 3.05) is 18.0 Å². The molecule has 2 amide bonds. The molecule has 0 heterocycles. The second-order valence-corrected chi connectivity index (χ2v) is 4.42. The summed E-state index contributed by atoms with van der Waals surface area (Å²) in [5, 5.41) is 2.58. The topological polar surface area (TPSA) is 49.4 Å². The van der Waals surface area contributed by atoms with Crippen LogP contribution in [0, 0.1) is 0 Å². The van der Waals surface area contributed by atoms with Crippen LogP contribution in [0.2, 0.25) is 0 Å². The van der Waals surface area contributed by atoms with E-state index in [9.17, 15) is 22.8 Å². The van der Waals surface area contributed by atoms with Gasteiger partial charge in [0, 0.05) is 32.1 Å². The van der Waals surface area contributed by atoms with E-state index in [1.807, 2.05) is 0 Å². The third kappa shape index (κ3) is 5.09. The van der Waals surface area contributed by atoms with E-state index in [0.717, 1.165) is 12.1 Å². The van der Waals surface area contributed by atoms with Gasteiger partial charge in [-0.05, 0) is 18.2 Å². The Kier molecular flexibility index (Phi) is 5.75. The minimum Gasteiger partial charge on any atom is -0.354 e. The van der Waals surface area contributed by atoms with Crippen LogP contribution >= 0.6 is 0 Å². The number of carbonyl (C=O) groups excluding carboxylic acids is 2. The number of nitrogens with one attached hydrogen (secondary N) is 1. The van der Waals surface area contributed by atoms with Crippen molar-refractivity contribution < 1.29 is 22.8 Å². The summed E-state index contributed by atoms with van der Waals surface area (Å²) in [6, 6.07) is 4.54. The lowest BCUT2D eigenvalue weighted by atomic mass is 10.2. The Morgan fingerprint density at radius 2 is 1.95 bits per heavy atom. The van der Waals surface area contributed by atoms with Crippen molar-refractivity contribution in [3.05, 3.63) is 29.8 Å². The standard InChI is InChI=1S/C14H17F3N2O2/c1-3-13(21)18-7-8-19(10(2)20)12-6-4-5-11(9-12)14(15,16)17/h4-6,9H,3,7-8H2,1-2H3,(H,18,21). The second kappa shape index (κ2) is 7.10. The first-order chi connectivity index (χ1) is 9.75. The number of carbonyl (C=O) groups is 2. The van der Waals surface area contributed by atoms with Gasteiger partial charge in [-0.1, -0.05) is 13.0 Å². The smallest absolute Gasteiger partial charge is 0.354 e. The maximum Gasteiger partial charge on any atom is 0.416 e. The number of anilines is 1. The number of hydrogen-bond acceptors (Lipinski definition) is 2. The zero-order chi connectivity index (χ0) is 16.0. The van der Waals surface area contributed by atoms with Crippen molar-refractivity contribution in [3.8, 4) is 0 Å². The van der Waals surface area contributed by atoms with Crippen LogP contribution in [0.3, 0.4) is 0 Å². The summed E-state index contributed by atoms with van der Waals surface area (Å²) in [7, 11) is 0. The summed E-state index contributed by atoms with van der Waals surface area (Å²) in [6.45, 7) is 3.25. The zero-order valence-corrected chi connectivity index (χ0v) is 11.8. The van der Waals surface area contributed by atoms with Crippen LogP contribution in [-0.2, 0) is 15.8 Å². The predicted octanol–water partition coefficient (Wildman–Crippen LogP) is 2.58. The Hall–Kier alpha value is -2.05. The highest BCUT2D eigenvalue weighted by atomic mass is 19.4. The highest BCUT2D eigenvalue weighted by molar-refractivity contribution is 5.91. The van der Waals surface area contributed by atoms with Gasteiger partial charge >= 0.3 is 6.18 Å². The van der Waals surface area contributed by atoms with Crippen molar-refractivity contribution >= 4 is 17.5 Å². The minimum atomic E-state index is -4.46. The predicted molar refractivity (Wildman–Crippen MR) is 72.8 cm³/mol. The molecule has 116 valence electrons. The van der Waals surface area contributed by atoms with Crippen LogP contribution in [0.5, 0.6) is 0 Å². The Labute approximate surface area is 120 Å². The van der Waals surface area contributed by atoms with Gasteiger partial charge in [-0.2, -0.15) is 13.2 Å². The first-order valence-electron chi connectivity index (χ1n) is 6.47. The molecule has 0 aliphatic heterocycles. The molecule has 0 aliphatic rings. The number of alkyl halides is 3. The molecule has 0 radical (unpaired) electrons. The molecule has 0 fully saturated rings. The Morgan fingerprint density at radius 3 is 2.48 bits per heavy atom. The molecule has 0 unspecified atom stereocenters. The summed E-state index contributed by atoms with van der Waals surface area (Å²) < 4.78 is 38.0. The fourth-order valence-electron chi connectivity index (χ4n) is 1.75. The van der Waals surface area contributed by atoms with Gasteiger partial charge in [0.15, 0.2) is 0 Å². The van der Waals surface area contributed by atoms with E-state index in [1.54, 1.807) is 6.92 Å². The lowest BCUT2D eigenvalue weighted by molar-refractivity contribution is -0.137. The summed E-state index contributed by atoms with van der Waals surface area (Å²) in [5.41, 5.74) is -0.660. The Balaban J connectivity index is 2.86. The van der Waals surface area contributed by atoms with Gasteiger partial charge in [0.25, 0.3) is 0 Å². The average molecular weight is 302 g/mol. The maximum absolute atomic E-state index is 12.7. The van der Waals surface area contributed by atoms with Gasteiger partial charge in [-0.25, -0.2) is 0 Å². The van der Waals surface area contributed by atoms with E-state index in [0.29, 0.717) is 6.42 Å². The molecule has 0 saturated heterocycles. The number of nitrogens with zero attached hydrogens (tertiary/aromatic N) is 1. The molecule has 1 N–H and O–H groups in total. The Morgan fingerprint density at radius 1 is 1.29 bits per heavy atom. The molecule has 4 nitrogen and oxygen atoms in total. The van der Waals surface area contributed by atoms with Gasteiger partial charge < -0.3 is 10.2 Å². The van der Waals surface area contributed by atoms with Gasteiger partial charge in [0.1, 0.15) is 0 Å². The molecule has 0 aliphatic carbocycles. The molecule has 21 heavy (non-hydrogen) atoms. The van der Waals surface area contributed by atoms with E-state index < -0.39 is 11.7 Å². The summed E-state index contributed by atoms with van der Waals surface area (Å²) >= 11 is 0. The van der Waals surface area contributed by atoms with Crippen LogP contribution in [0.4, 0.5) is 18.9 Å². The first-order valence-corrected chi connectivity index (χ1v) is 6.47. The van der Waals surface area contributed by atoms with Gasteiger partial charge in [0.05, 0.1) is 5.56 Å². The summed E-state index contributed by atoms with van der Waals surface area (Å²) in [4.78, 5) is 23.9. The summed E-state index contributed by atoms with van der Waals surface area (Å²) in [6.07, 6.45) is -4.15. The molecular weight excluding hydrogens is 285 g/mol. The number of amides is 2. The highest BCUT2D eigenvalue weighted by Gasteiger charge is 2.31. The van der Waals surface area contributed by atoms with E-state index >= 15 is 0 Å². The molecule has 1 aromatic carbocycles. The van der Waals surface area contributed by atoms with Crippen LogP contribution in [-0.4, -0.2) is 24.9 Å². The average Bonchev–Trinajstić information content (AvgIpc) is 2.42. The van der Waals surface area contributed by atoms with Gasteiger partial charge in [0.2, 0.25) is 11.8 Å². The van der Waals surface area contributed by atoms with Gasteiger partial charge in [-0.15, -0.1) is 0 Å². The Bertz CT molecular complexity index is 515. The summed E-state index contributed by atoms with van der Waals surface area (Å²) in [5.74, 6) is -0.567. The quantitative estimate of drug-likeness (QED) is 0.909. The van der Waals surface area contributed by atoms with E-state index in [1.165, 1.54) is 24.0 Å².